The third kappa shape index (κ3) is 1.62. The van der Waals surface area contributed by atoms with Crippen molar-refractivity contribution in [2.75, 3.05) is 4.90 Å². The van der Waals surface area contributed by atoms with Crippen molar-refractivity contribution in [1.82, 2.24) is 0 Å². The predicted octanol–water partition coefficient (Wildman–Crippen LogP) is 3.02. The van der Waals surface area contributed by atoms with Gasteiger partial charge in [0, 0.05) is 17.7 Å². The van der Waals surface area contributed by atoms with Gasteiger partial charge in [-0.2, -0.15) is 5.26 Å². The monoisotopic (exact) mass is 238 g/mol. The number of benzene rings is 1. The van der Waals surface area contributed by atoms with Crippen LogP contribution in [0.25, 0.3) is 0 Å². The van der Waals surface area contributed by atoms with Gasteiger partial charge in [-0.1, -0.05) is 30.4 Å². The van der Waals surface area contributed by atoms with E-state index < -0.39 is 6.10 Å². The molecule has 0 spiro atoms. The zero-order chi connectivity index (χ0) is 12.5. The SMILES string of the molecule is N#CN1C2=C(C=CCC2)C[C@H](O)c2ccccc21. The summed E-state index contributed by atoms with van der Waals surface area (Å²) in [5.41, 5.74) is 3.75. The van der Waals surface area contributed by atoms with Gasteiger partial charge in [0.25, 0.3) is 0 Å². The topological polar surface area (TPSA) is 47.3 Å². The van der Waals surface area contributed by atoms with Crippen molar-refractivity contribution < 1.29 is 5.11 Å². The number of nitrogens with zero attached hydrogens (tertiary/aromatic N) is 2. The Morgan fingerprint density at radius 1 is 1.33 bits per heavy atom. The van der Waals surface area contributed by atoms with E-state index >= 15 is 0 Å². The molecule has 0 amide bonds. The first-order valence-electron chi connectivity index (χ1n) is 6.16. The molecule has 3 heteroatoms. The molecule has 1 N–H and O–H groups in total. The first-order chi connectivity index (χ1) is 8.81. The summed E-state index contributed by atoms with van der Waals surface area (Å²) < 4.78 is 0. The van der Waals surface area contributed by atoms with Gasteiger partial charge in [0.05, 0.1) is 11.8 Å². The van der Waals surface area contributed by atoms with E-state index in [4.69, 9.17) is 0 Å². The number of nitriles is 1. The van der Waals surface area contributed by atoms with Crippen LogP contribution in [-0.4, -0.2) is 5.11 Å². The van der Waals surface area contributed by atoms with Gasteiger partial charge < -0.3 is 5.11 Å². The number of allylic oxidation sites excluding steroid dienone is 3. The van der Waals surface area contributed by atoms with Gasteiger partial charge >= 0.3 is 0 Å². The molecule has 3 rings (SSSR count). The molecule has 0 aromatic heterocycles. The molecule has 0 saturated carbocycles. The van der Waals surface area contributed by atoms with Crippen LogP contribution in [0.1, 0.15) is 30.9 Å². The van der Waals surface area contributed by atoms with Crippen LogP contribution in [0, 0.1) is 11.5 Å². The number of hydrogen-bond donors (Lipinski definition) is 1. The molecule has 1 atom stereocenters. The second-order valence-electron chi connectivity index (χ2n) is 4.63. The van der Waals surface area contributed by atoms with Gasteiger partial charge in [-0.15, -0.1) is 0 Å². The quantitative estimate of drug-likeness (QED) is 0.707. The maximum Gasteiger partial charge on any atom is 0.189 e. The van der Waals surface area contributed by atoms with Crippen LogP contribution in [0.4, 0.5) is 5.69 Å². The Balaban J connectivity index is 2.20. The van der Waals surface area contributed by atoms with Crippen LogP contribution in [-0.2, 0) is 0 Å². The molecule has 18 heavy (non-hydrogen) atoms. The van der Waals surface area contributed by atoms with E-state index in [1.165, 1.54) is 0 Å². The van der Waals surface area contributed by atoms with Gasteiger partial charge in [0.15, 0.2) is 6.19 Å². The van der Waals surface area contributed by atoms with Crippen molar-refractivity contribution in [3.63, 3.8) is 0 Å². The molecule has 2 aliphatic rings. The van der Waals surface area contributed by atoms with Gasteiger partial charge in [0.1, 0.15) is 0 Å². The Morgan fingerprint density at radius 3 is 3.00 bits per heavy atom. The lowest BCUT2D eigenvalue weighted by Crippen LogP contribution is -2.18. The second kappa shape index (κ2) is 4.32. The van der Waals surface area contributed by atoms with E-state index in [2.05, 4.69) is 12.3 Å². The third-order valence-corrected chi connectivity index (χ3v) is 3.56. The fourth-order valence-electron chi connectivity index (χ4n) is 2.69. The summed E-state index contributed by atoms with van der Waals surface area (Å²) in [4.78, 5) is 1.67. The highest BCUT2D eigenvalue weighted by Crippen LogP contribution is 2.39. The lowest BCUT2D eigenvalue weighted by Gasteiger charge is -2.22. The number of fused-ring (bicyclic) bond motifs is 1. The normalized spacial score (nSPS) is 22.0. The van der Waals surface area contributed by atoms with Crippen molar-refractivity contribution in [3.8, 4) is 6.19 Å². The van der Waals surface area contributed by atoms with Crippen molar-refractivity contribution >= 4 is 5.69 Å². The first kappa shape index (κ1) is 11.1. The van der Waals surface area contributed by atoms with Crippen LogP contribution >= 0.6 is 0 Å². The summed E-state index contributed by atoms with van der Waals surface area (Å²) in [6.07, 6.45) is 8.26. The lowest BCUT2D eigenvalue weighted by molar-refractivity contribution is 0.180. The highest BCUT2D eigenvalue weighted by molar-refractivity contribution is 5.65. The molecule has 0 bridgehead atoms. The maximum atomic E-state index is 10.3. The maximum absolute atomic E-state index is 10.3. The number of hydrogen-bond acceptors (Lipinski definition) is 3. The summed E-state index contributed by atoms with van der Waals surface area (Å²) in [6.45, 7) is 0. The van der Waals surface area contributed by atoms with E-state index in [0.717, 1.165) is 35.4 Å². The zero-order valence-corrected chi connectivity index (χ0v) is 10.0. The van der Waals surface area contributed by atoms with E-state index in [9.17, 15) is 10.4 Å². The standard InChI is InChI=1S/C15H14N2O/c16-10-17-13-7-3-1-5-11(13)9-15(18)12-6-2-4-8-14(12)17/h1-2,4-6,8,15,18H,3,7,9H2/t15-/m0/s1. The first-order valence-corrected chi connectivity index (χ1v) is 6.16. The van der Waals surface area contributed by atoms with Gasteiger partial charge in [0.2, 0.25) is 0 Å². The Morgan fingerprint density at radius 2 is 2.17 bits per heavy atom. The van der Waals surface area contributed by atoms with E-state index in [1.54, 1.807) is 4.90 Å². The zero-order valence-electron chi connectivity index (χ0n) is 10.0. The van der Waals surface area contributed by atoms with Crippen molar-refractivity contribution in [3.05, 3.63) is 53.3 Å². The third-order valence-electron chi connectivity index (χ3n) is 3.56. The summed E-state index contributed by atoms with van der Waals surface area (Å²) in [5, 5.41) is 19.7. The second-order valence-corrected chi connectivity index (χ2v) is 4.63. The van der Waals surface area contributed by atoms with Gasteiger partial charge in [-0.25, -0.2) is 0 Å². The van der Waals surface area contributed by atoms with Crippen LogP contribution in [0.3, 0.4) is 0 Å². The molecule has 1 aliphatic carbocycles. The summed E-state index contributed by atoms with van der Waals surface area (Å²) in [7, 11) is 0. The van der Waals surface area contributed by atoms with E-state index in [1.807, 2.05) is 30.3 Å². The van der Waals surface area contributed by atoms with Crippen LogP contribution in [0.15, 0.2) is 47.7 Å². The molecule has 0 unspecified atom stereocenters. The number of rotatable bonds is 0. The lowest BCUT2D eigenvalue weighted by atomic mass is 9.97. The number of anilines is 1. The van der Waals surface area contributed by atoms with Crippen LogP contribution in [0.5, 0.6) is 0 Å². The van der Waals surface area contributed by atoms with Gasteiger partial charge in [-0.3, -0.25) is 4.90 Å². The average Bonchev–Trinajstić information content (AvgIpc) is 2.53. The Hall–Kier alpha value is -2.05. The van der Waals surface area contributed by atoms with Gasteiger partial charge in [-0.05, 0) is 24.5 Å². The Bertz CT molecular complexity index is 580. The highest BCUT2D eigenvalue weighted by Gasteiger charge is 2.27. The number of para-hydroxylation sites is 1. The molecule has 1 aromatic rings. The minimum atomic E-state index is -0.535. The van der Waals surface area contributed by atoms with Crippen molar-refractivity contribution in [2.24, 2.45) is 0 Å². The molecule has 0 saturated heterocycles. The molecule has 3 nitrogen and oxygen atoms in total. The fourth-order valence-corrected chi connectivity index (χ4v) is 2.69. The minimum absolute atomic E-state index is 0.535. The number of aliphatic hydroxyl groups excluding tert-OH is 1. The smallest absolute Gasteiger partial charge is 0.189 e. The van der Waals surface area contributed by atoms with Crippen molar-refractivity contribution in [1.29, 1.82) is 5.26 Å². The average molecular weight is 238 g/mol. The Labute approximate surface area is 106 Å². The molecule has 1 aromatic carbocycles. The fraction of sp³-hybridized carbons (Fsp3) is 0.267. The summed E-state index contributed by atoms with van der Waals surface area (Å²) >= 11 is 0. The largest absolute Gasteiger partial charge is 0.388 e. The Kier molecular flexibility index (Phi) is 2.66. The number of aliphatic hydroxyl groups is 1. The van der Waals surface area contributed by atoms with Crippen LogP contribution < -0.4 is 4.90 Å². The molecular formula is C15H14N2O. The molecule has 90 valence electrons. The van der Waals surface area contributed by atoms with Crippen molar-refractivity contribution in [2.45, 2.75) is 25.4 Å². The summed E-state index contributed by atoms with van der Waals surface area (Å²) in [6, 6.07) is 7.60. The molecular weight excluding hydrogens is 224 g/mol. The molecule has 0 fully saturated rings. The minimum Gasteiger partial charge on any atom is -0.388 e. The molecule has 1 heterocycles. The molecule has 0 radical (unpaired) electrons. The molecule has 1 aliphatic heterocycles. The van der Waals surface area contributed by atoms with E-state index in [-0.39, 0.29) is 0 Å². The van der Waals surface area contributed by atoms with E-state index in [0.29, 0.717) is 6.42 Å². The summed E-state index contributed by atoms with van der Waals surface area (Å²) in [5.74, 6) is 0. The predicted molar refractivity (Wildman–Crippen MR) is 69.5 cm³/mol. The highest BCUT2D eigenvalue weighted by atomic mass is 16.3. The van der Waals surface area contributed by atoms with Crippen LogP contribution in [0.2, 0.25) is 0 Å².